The van der Waals surface area contributed by atoms with Crippen LogP contribution in [0.3, 0.4) is 0 Å². The third kappa shape index (κ3) is 3.87. The smallest absolute Gasteiger partial charge is 0.387 e. The molecule has 0 unspecified atom stereocenters. The number of nitrogens with zero attached hydrogens (tertiary/aromatic N) is 1. The lowest BCUT2D eigenvalue weighted by atomic mass is 9.99. The molecule has 4 rings (SSSR count). The molecule has 1 N–H and O–H groups in total. The SMILES string of the molecule is O=C(O)Cc1ccc(N2C(=O)c3c(c(OC(F)F)c4ccccc4c3OC(F)F)C2=O)cc1F. The molecule has 0 bridgehead atoms. The molecule has 2 amide bonds. The van der Waals surface area contributed by atoms with Gasteiger partial charge in [-0.25, -0.2) is 9.29 Å². The van der Waals surface area contributed by atoms with Gasteiger partial charge in [-0.3, -0.25) is 14.4 Å². The van der Waals surface area contributed by atoms with Gasteiger partial charge in [-0.05, 0) is 17.7 Å². The van der Waals surface area contributed by atoms with Gasteiger partial charge in [-0.2, -0.15) is 17.6 Å². The summed E-state index contributed by atoms with van der Waals surface area (Å²) in [5, 5.41) is 8.45. The van der Waals surface area contributed by atoms with E-state index in [1.54, 1.807) is 0 Å². The fourth-order valence-corrected chi connectivity index (χ4v) is 3.74. The minimum absolute atomic E-state index is 0.191. The summed E-state index contributed by atoms with van der Waals surface area (Å²) < 4.78 is 76.2. The van der Waals surface area contributed by atoms with Gasteiger partial charge in [0.2, 0.25) is 0 Å². The molecule has 0 saturated carbocycles. The van der Waals surface area contributed by atoms with E-state index in [1.165, 1.54) is 24.3 Å². The number of carbonyl (C=O) groups is 3. The highest BCUT2D eigenvalue weighted by molar-refractivity contribution is 6.38. The van der Waals surface area contributed by atoms with Crippen LogP contribution in [0.1, 0.15) is 26.3 Å². The van der Waals surface area contributed by atoms with Crippen molar-refractivity contribution in [3.05, 3.63) is 65.0 Å². The Hall–Kier alpha value is -4.22. The molecule has 3 aromatic carbocycles. The first kappa shape index (κ1) is 23.0. The van der Waals surface area contributed by atoms with E-state index in [9.17, 15) is 36.3 Å². The maximum atomic E-state index is 14.4. The number of hydrogen-bond donors (Lipinski definition) is 1. The van der Waals surface area contributed by atoms with Crippen LogP contribution in [0.25, 0.3) is 10.8 Å². The largest absolute Gasteiger partial charge is 0.481 e. The van der Waals surface area contributed by atoms with Gasteiger partial charge in [0, 0.05) is 10.8 Å². The Morgan fingerprint density at radius 1 is 0.882 bits per heavy atom. The first-order chi connectivity index (χ1) is 16.1. The summed E-state index contributed by atoms with van der Waals surface area (Å²) in [4.78, 5) is 37.6. The zero-order chi connectivity index (χ0) is 24.7. The Kier molecular flexibility index (Phi) is 5.82. The molecule has 3 aromatic rings. The Bertz CT molecular complexity index is 1270. The molecule has 0 aromatic heterocycles. The van der Waals surface area contributed by atoms with Crippen molar-refractivity contribution in [2.24, 2.45) is 0 Å². The topological polar surface area (TPSA) is 93.1 Å². The second-order valence-electron chi connectivity index (χ2n) is 7.00. The summed E-state index contributed by atoms with van der Waals surface area (Å²) in [6.07, 6.45) is -0.682. The summed E-state index contributed by atoms with van der Waals surface area (Å²) in [5.74, 6) is -6.34. The molecule has 0 radical (unpaired) electrons. The molecule has 1 aliphatic rings. The van der Waals surface area contributed by atoms with Gasteiger partial charge in [0.25, 0.3) is 11.8 Å². The summed E-state index contributed by atoms with van der Waals surface area (Å²) in [6, 6.07) is 7.94. The van der Waals surface area contributed by atoms with Crippen molar-refractivity contribution in [3.8, 4) is 11.5 Å². The number of imide groups is 1. The van der Waals surface area contributed by atoms with E-state index in [0.29, 0.717) is 11.0 Å². The maximum Gasteiger partial charge on any atom is 0.387 e. The Labute approximate surface area is 186 Å². The van der Waals surface area contributed by atoms with Gasteiger partial charge < -0.3 is 14.6 Å². The van der Waals surface area contributed by atoms with E-state index >= 15 is 0 Å². The molecule has 0 atom stereocenters. The van der Waals surface area contributed by atoms with Crippen LogP contribution >= 0.6 is 0 Å². The number of rotatable bonds is 7. The molecular weight excluding hydrogens is 469 g/mol. The zero-order valence-corrected chi connectivity index (χ0v) is 16.7. The number of fused-ring (bicyclic) bond motifs is 2. The zero-order valence-electron chi connectivity index (χ0n) is 16.7. The molecule has 12 heteroatoms. The molecule has 0 spiro atoms. The standard InChI is InChI=1S/C22H12F5NO6/c23-13-8-10(6-5-9(13)7-14(29)30)28-19(31)15-16(20(28)32)18(34-22(26)27)12-4-2-1-3-11(12)17(15)33-21(24)25/h1-6,8,21-22H,7H2,(H,29,30). The maximum absolute atomic E-state index is 14.4. The Morgan fingerprint density at radius 3 is 1.79 bits per heavy atom. The summed E-state index contributed by atoms with van der Waals surface area (Å²) in [7, 11) is 0. The molecule has 1 heterocycles. The minimum atomic E-state index is -3.43. The number of halogens is 5. The Balaban J connectivity index is 1.95. The molecule has 0 saturated heterocycles. The van der Waals surface area contributed by atoms with E-state index in [2.05, 4.69) is 9.47 Å². The summed E-state index contributed by atoms with van der Waals surface area (Å²) >= 11 is 0. The van der Waals surface area contributed by atoms with Crippen molar-refractivity contribution in [2.45, 2.75) is 19.6 Å². The van der Waals surface area contributed by atoms with Gasteiger partial charge in [-0.1, -0.05) is 30.3 Å². The number of ether oxygens (including phenoxy) is 2. The van der Waals surface area contributed by atoms with Crippen molar-refractivity contribution >= 4 is 34.2 Å². The van der Waals surface area contributed by atoms with Gasteiger partial charge in [0.15, 0.2) is 0 Å². The minimum Gasteiger partial charge on any atom is -0.481 e. The average Bonchev–Trinajstić information content (AvgIpc) is 3.01. The normalized spacial score (nSPS) is 13.2. The second kappa shape index (κ2) is 8.61. The predicted octanol–water partition coefficient (Wildman–Crippen LogP) is 4.61. The molecule has 0 fully saturated rings. The molecule has 34 heavy (non-hydrogen) atoms. The highest BCUT2D eigenvalue weighted by atomic mass is 19.3. The third-order valence-corrected chi connectivity index (χ3v) is 5.00. The lowest BCUT2D eigenvalue weighted by Gasteiger charge is -2.16. The summed E-state index contributed by atoms with van der Waals surface area (Å²) in [5.41, 5.74) is -2.14. The van der Waals surface area contributed by atoms with Gasteiger partial charge in [0.1, 0.15) is 17.3 Å². The van der Waals surface area contributed by atoms with Crippen LogP contribution < -0.4 is 14.4 Å². The van der Waals surface area contributed by atoms with Gasteiger partial charge in [-0.15, -0.1) is 0 Å². The number of carboxylic acid groups (broad SMARTS) is 1. The van der Waals surface area contributed by atoms with Crippen molar-refractivity contribution in [1.82, 2.24) is 0 Å². The van der Waals surface area contributed by atoms with E-state index < -0.39 is 65.9 Å². The van der Waals surface area contributed by atoms with E-state index in [-0.39, 0.29) is 22.0 Å². The van der Waals surface area contributed by atoms with Crippen LogP contribution in [0, 0.1) is 5.82 Å². The molecule has 176 valence electrons. The number of hydrogen-bond acceptors (Lipinski definition) is 5. The number of anilines is 1. The fraction of sp³-hybridized carbons (Fsp3) is 0.136. The number of benzene rings is 3. The number of amides is 2. The lowest BCUT2D eigenvalue weighted by Crippen LogP contribution is -2.29. The molecule has 7 nitrogen and oxygen atoms in total. The third-order valence-electron chi connectivity index (χ3n) is 5.00. The quantitative estimate of drug-likeness (QED) is 0.392. The predicted molar refractivity (Wildman–Crippen MR) is 106 cm³/mol. The first-order valence-electron chi connectivity index (χ1n) is 9.47. The van der Waals surface area contributed by atoms with Gasteiger partial charge in [0.05, 0.1) is 23.2 Å². The van der Waals surface area contributed by atoms with Crippen molar-refractivity contribution in [1.29, 1.82) is 0 Å². The molecule has 0 aliphatic carbocycles. The Morgan fingerprint density at radius 2 is 1.38 bits per heavy atom. The van der Waals surface area contributed by atoms with Crippen molar-refractivity contribution in [3.63, 3.8) is 0 Å². The molecule has 1 aliphatic heterocycles. The highest BCUT2D eigenvalue weighted by Crippen LogP contribution is 2.47. The fourth-order valence-electron chi connectivity index (χ4n) is 3.74. The van der Waals surface area contributed by atoms with Crippen LogP contribution in [-0.2, 0) is 11.2 Å². The number of aliphatic carboxylic acids is 1. The van der Waals surface area contributed by atoms with Gasteiger partial charge >= 0.3 is 19.2 Å². The first-order valence-corrected chi connectivity index (χ1v) is 9.47. The second-order valence-corrected chi connectivity index (χ2v) is 7.00. The van der Waals surface area contributed by atoms with Crippen LogP contribution in [0.15, 0.2) is 42.5 Å². The van der Waals surface area contributed by atoms with E-state index in [0.717, 1.165) is 12.1 Å². The van der Waals surface area contributed by atoms with E-state index in [1.807, 2.05) is 0 Å². The average molecular weight is 481 g/mol. The van der Waals surface area contributed by atoms with Crippen LogP contribution in [0.5, 0.6) is 11.5 Å². The van der Waals surface area contributed by atoms with Crippen LogP contribution in [-0.4, -0.2) is 36.1 Å². The summed E-state index contributed by atoms with van der Waals surface area (Å²) in [6.45, 7) is -6.86. The number of carboxylic acids is 1. The van der Waals surface area contributed by atoms with E-state index in [4.69, 9.17) is 5.11 Å². The van der Waals surface area contributed by atoms with Crippen LogP contribution in [0.4, 0.5) is 27.6 Å². The monoisotopic (exact) mass is 481 g/mol. The van der Waals surface area contributed by atoms with Crippen molar-refractivity contribution in [2.75, 3.05) is 4.90 Å². The lowest BCUT2D eigenvalue weighted by molar-refractivity contribution is -0.136. The number of carbonyl (C=O) groups excluding carboxylic acids is 2. The van der Waals surface area contributed by atoms with Crippen LogP contribution in [0.2, 0.25) is 0 Å². The molecular formula is C22H12F5NO6. The van der Waals surface area contributed by atoms with Crippen molar-refractivity contribution < 1.29 is 50.9 Å². The highest BCUT2D eigenvalue weighted by Gasteiger charge is 2.44. The number of alkyl halides is 4.